The van der Waals surface area contributed by atoms with Crippen molar-refractivity contribution in [2.45, 2.75) is 39.2 Å². The van der Waals surface area contributed by atoms with Gasteiger partial charge in [-0.3, -0.25) is 9.59 Å². The van der Waals surface area contributed by atoms with Crippen LogP contribution in [0.25, 0.3) is 0 Å². The number of likely N-dealkylation sites (tertiary alicyclic amines) is 1. The molecule has 3 heterocycles. The minimum absolute atomic E-state index is 0.00740. The Labute approximate surface area is 164 Å². The van der Waals surface area contributed by atoms with Crippen molar-refractivity contribution in [3.8, 4) is 17.6 Å². The predicted octanol–water partition coefficient (Wildman–Crippen LogP) is 3.93. The quantitative estimate of drug-likeness (QED) is 0.707. The lowest BCUT2D eigenvalue weighted by atomic mass is 9.85. The third-order valence-electron chi connectivity index (χ3n) is 5.12. The van der Waals surface area contributed by atoms with Gasteiger partial charge in [0, 0.05) is 36.9 Å². The summed E-state index contributed by atoms with van der Waals surface area (Å²) in [5.74, 6) is 7.10. The Bertz CT molecular complexity index is 978. The van der Waals surface area contributed by atoms with Crippen LogP contribution in [0.2, 0.25) is 0 Å². The first-order valence-electron chi connectivity index (χ1n) is 9.51. The number of fused-ring (bicyclic) bond motifs is 1. The second-order valence-corrected chi connectivity index (χ2v) is 8.41. The molecule has 1 spiro atoms. The fraction of sp³-hybridized carbons (Fsp3) is 0.391. The van der Waals surface area contributed by atoms with Crippen molar-refractivity contribution >= 4 is 11.7 Å². The van der Waals surface area contributed by atoms with Gasteiger partial charge in [-0.15, -0.1) is 0 Å². The summed E-state index contributed by atoms with van der Waals surface area (Å²) in [6, 6.07) is 8.89. The summed E-state index contributed by atoms with van der Waals surface area (Å²) >= 11 is 0. The largest absolute Gasteiger partial charge is 0.478 e. The van der Waals surface area contributed by atoms with E-state index in [9.17, 15) is 9.59 Å². The van der Waals surface area contributed by atoms with E-state index in [-0.39, 0.29) is 17.1 Å². The van der Waals surface area contributed by atoms with Gasteiger partial charge in [0.15, 0.2) is 11.4 Å². The van der Waals surface area contributed by atoms with Gasteiger partial charge in [-0.1, -0.05) is 11.8 Å². The number of rotatable bonds is 1. The molecule has 1 aromatic carbocycles. The maximum atomic E-state index is 13.1. The van der Waals surface area contributed by atoms with Gasteiger partial charge in [0.1, 0.15) is 5.75 Å². The number of carbonyl (C=O) groups is 2. The van der Waals surface area contributed by atoms with Crippen LogP contribution in [-0.2, 0) is 0 Å². The molecule has 0 atom stereocenters. The highest BCUT2D eigenvalue weighted by Gasteiger charge is 2.50. The lowest BCUT2D eigenvalue weighted by molar-refractivity contribution is 0.0185. The minimum Gasteiger partial charge on any atom is -0.478 e. The molecule has 1 aromatic heterocycles. The fourth-order valence-corrected chi connectivity index (χ4v) is 3.59. The van der Waals surface area contributed by atoms with Crippen LogP contribution in [0.3, 0.4) is 0 Å². The van der Waals surface area contributed by atoms with Crippen LogP contribution in [0.15, 0.2) is 41.0 Å². The molecule has 144 valence electrons. The van der Waals surface area contributed by atoms with E-state index in [1.807, 2.05) is 18.2 Å². The molecule has 0 N–H and O–H groups in total. The number of ketones is 1. The van der Waals surface area contributed by atoms with Crippen LogP contribution in [0, 0.1) is 17.3 Å². The standard InChI is InChI=1S/C23H23NO4/c1-22(2,3)9-8-16-6-7-18-17(15-16)20(25)23(28-18)10-12-24(13-11-23)21(26)19-5-4-14-27-19/h4-7,14-15H,10-13H2,1-3H3. The lowest BCUT2D eigenvalue weighted by Crippen LogP contribution is -2.51. The molecule has 0 saturated carbocycles. The van der Waals surface area contributed by atoms with Crippen molar-refractivity contribution in [2.75, 3.05) is 13.1 Å². The molecule has 5 heteroatoms. The van der Waals surface area contributed by atoms with Crippen molar-refractivity contribution < 1.29 is 18.7 Å². The number of benzene rings is 1. The monoisotopic (exact) mass is 377 g/mol. The third kappa shape index (κ3) is 3.31. The number of furan rings is 1. The maximum Gasteiger partial charge on any atom is 0.289 e. The van der Waals surface area contributed by atoms with Gasteiger partial charge in [-0.05, 0) is 51.1 Å². The maximum absolute atomic E-state index is 13.1. The number of amides is 1. The van der Waals surface area contributed by atoms with Crippen molar-refractivity contribution in [1.82, 2.24) is 4.90 Å². The molecule has 1 amide bonds. The van der Waals surface area contributed by atoms with Gasteiger partial charge in [0.2, 0.25) is 5.78 Å². The van der Waals surface area contributed by atoms with Gasteiger partial charge in [-0.2, -0.15) is 0 Å². The summed E-state index contributed by atoms with van der Waals surface area (Å²) in [5.41, 5.74) is 0.423. The van der Waals surface area contributed by atoms with Crippen molar-refractivity contribution in [3.05, 3.63) is 53.5 Å². The topological polar surface area (TPSA) is 59.8 Å². The molecule has 2 aliphatic rings. The van der Waals surface area contributed by atoms with Crippen LogP contribution in [0.1, 0.15) is 60.1 Å². The summed E-state index contributed by atoms with van der Waals surface area (Å²) in [7, 11) is 0. The van der Waals surface area contributed by atoms with E-state index in [2.05, 4.69) is 32.6 Å². The number of hydrogen-bond donors (Lipinski definition) is 0. The van der Waals surface area contributed by atoms with E-state index in [0.29, 0.717) is 43.0 Å². The van der Waals surface area contributed by atoms with Gasteiger partial charge in [-0.25, -0.2) is 0 Å². The smallest absolute Gasteiger partial charge is 0.289 e. The van der Waals surface area contributed by atoms with Crippen molar-refractivity contribution in [2.24, 2.45) is 5.41 Å². The first-order valence-corrected chi connectivity index (χ1v) is 9.51. The van der Waals surface area contributed by atoms with Gasteiger partial charge >= 0.3 is 0 Å². The Morgan fingerprint density at radius 3 is 2.57 bits per heavy atom. The number of carbonyl (C=O) groups excluding carboxylic acids is 2. The van der Waals surface area contributed by atoms with Crippen molar-refractivity contribution in [3.63, 3.8) is 0 Å². The van der Waals surface area contributed by atoms with Crippen molar-refractivity contribution in [1.29, 1.82) is 0 Å². The Hall–Kier alpha value is -3.00. The molecule has 1 saturated heterocycles. The Kier molecular flexibility index (Phi) is 4.30. The highest BCUT2D eigenvalue weighted by molar-refractivity contribution is 6.08. The molecule has 28 heavy (non-hydrogen) atoms. The Balaban J connectivity index is 1.50. The average molecular weight is 377 g/mol. The van der Waals surface area contributed by atoms with E-state index in [0.717, 1.165) is 5.56 Å². The van der Waals surface area contributed by atoms with Crippen LogP contribution < -0.4 is 4.74 Å². The van der Waals surface area contributed by atoms with E-state index in [4.69, 9.17) is 9.15 Å². The molecule has 5 nitrogen and oxygen atoms in total. The number of ether oxygens (including phenoxy) is 1. The van der Waals surface area contributed by atoms with Crippen LogP contribution >= 0.6 is 0 Å². The zero-order valence-corrected chi connectivity index (χ0v) is 16.4. The second-order valence-electron chi connectivity index (χ2n) is 8.41. The number of piperidine rings is 1. The molecule has 2 aliphatic heterocycles. The minimum atomic E-state index is -0.877. The number of nitrogens with zero attached hydrogens (tertiary/aromatic N) is 1. The molecular formula is C23H23NO4. The van der Waals surface area contributed by atoms with Gasteiger partial charge < -0.3 is 14.1 Å². The first kappa shape index (κ1) is 18.4. The summed E-state index contributed by atoms with van der Waals surface area (Å²) in [4.78, 5) is 27.3. The summed E-state index contributed by atoms with van der Waals surface area (Å²) < 4.78 is 11.3. The van der Waals surface area contributed by atoms with Crippen LogP contribution in [0.5, 0.6) is 5.75 Å². The predicted molar refractivity (Wildman–Crippen MR) is 104 cm³/mol. The van der Waals surface area contributed by atoms with Gasteiger partial charge in [0.05, 0.1) is 11.8 Å². The molecule has 0 aliphatic carbocycles. The second kappa shape index (κ2) is 6.56. The molecule has 4 rings (SSSR count). The number of Topliss-reactive ketones (excluding diaryl/α,β-unsaturated/α-hetero) is 1. The van der Waals surface area contributed by atoms with Crippen LogP contribution in [-0.4, -0.2) is 35.3 Å². The fourth-order valence-electron chi connectivity index (χ4n) is 3.59. The third-order valence-corrected chi connectivity index (χ3v) is 5.12. The highest BCUT2D eigenvalue weighted by Crippen LogP contribution is 2.41. The highest BCUT2D eigenvalue weighted by atomic mass is 16.5. The van der Waals surface area contributed by atoms with Gasteiger partial charge in [0.25, 0.3) is 5.91 Å². The van der Waals surface area contributed by atoms with E-state index in [1.165, 1.54) is 6.26 Å². The molecule has 0 radical (unpaired) electrons. The first-order chi connectivity index (χ1) is 13.3. The Morgan fingerprint density at radius 2 is 1.93 bits per heavy atom. The molecule has 0 unspecified atom stereocenters. The summed E-state index contributed by atoms with van der Waals surface area (Å²) in [6.07, 6.45) is 2.42. The zero-order valence-electron chi connectivity index (χ0n) is 16.4. The molecule has 1 fully saturated rings. The normalized spacial score (nSPS) is 17.7. The van der Waals surface area contributed by atoms with E-state index < -0.39 is 5.60 Å². The summed E-state index contributed by atoms with van der Waals surface area (Å²) in [5, 5.41) is 0. The number of hydrogen-bond acceptors (Lipinski definition) is 4. The molecule has 0 bridgehead atoms. The Morgan fingerprint density at radius 1 is 1.18 bits per heavy atom. The lowest BCUT2D eigenvalue weighted by Gasteiger charge is -2.37. The molecule has 2 aromatic rings. The average Bonchev–Trinajstić information content (AvgIpc) is 3.28. The zero-order chi connectivity index (χ0) is 19.9. The summed E-state index contributed by atoms with van der Waals surface area (Å²) in [6.45, 7) is 7.06. The van der Waals surface area contributed by atoms with E-state index >= 15 is 0 Å². The molecular weight excluding hydrogens is 354 g/mol. The van der Waals surface area contributed by atoms with Crippen LogP contribution in [0.4, 0.5) is 0 Å². The van der Waals surface area contributed by atoms with E-state index in [1.54, 1.807) is 17.0 Å². The SMILES string of the molecule is CC(C)(C)C#Cc1ccc2c(c1)C(=O)C1(CCN(C(=O)c3ccco3)CC1)O2.